The van der Waals surface area contributed by atoms with Gasteiger partial charge in [-0.3, -0.25) is 14.4 Å². The van der Waals surface area contributed by atoms with Gasteiger partial charge in [-0.2, -0.15) is 23.4 Å². The number of nitrogens with one attached hydrogen (secondary N) is 1. The molecule has 2 aromatic carbocycles. The van der Waals surface area contributed by atoms with E-state index in [0.29, 0.717) is 6.42 Å². The third-order valence-electron chi connectivity index (χ3n) is 8.17. The van der Waals surface area contributed by atoms with Crippen LogP contribution in [-0.4, -0.2) is 56.6 Å². The summed E-state index contributed by atoms with van der Waals surface area (Å²) in [5.74, 6) is -2.06. The van der Waals surface area contributed by atoms with E-state index >= 15 is 0 Å². The van der Waals surface area contributed by atoms with Crippen LogP contribution in [0.25, 0.3) is 22.1 Å². The molecule has 9 nitrogen and oxygen atoms in total. The predicted octanol–water partition coefficient (Wildman–Crippen LogP) is 5.43. The third-order valence-corrected chi connectivity index (χ3v) is 8.17. The summed E-state index contributed by atoms with van der Waals surface area (Å²) in [4.78, 5) is 40.5. The molecular weight excluding hydrogens is 570 g/mol. The monoisotopic (exact) mass is 595 g/mol. The van der Waals surface area contributed by atoms with Gasteiger partial charge < -0.3 is 14.7 Å². The number of nitrogens with zero attached hydrogens (tertiary/aromatic N) is 4. The van der Waals surface area contributed by atoms with E-state index in [9.17, 15) is 31.9 Å². The number of hydrogen-bond donors (Lipinski definition) is 1. The van der Waals surface area contributed by atoms with Crippen LogP contribution in [0.4, 0.5) is 23.4 Å². The van der Waals surface area contributed by atoms with Crippen molar-refractivity contribution in [3.05, 3.63) is 71.5 Å². The van der Waals surface area contributed by atoms with Gasteiger partial charge in [0.05, 0.1) is 29.9 Å². The molecule has 1 fully saturated rings. The Labute approximate surface area is 242 Å². The number of alkyl halides is 4. The number of fused-ring (bicyclic) bond motifs is 2. The number of benzene rings is 2. The van der Waals surface area contributed by atoms with E-state index in [-0.39, 0.29) is 47.9 Å². The van der Waals surface area contributed by atoms with Crippen molar-refractivity contribution >= 4 is 34.4 Å². The number of Topliss-reactive ketones (excluding diaryl/α,β-unsaturated/α-hetero) is 1. The number of ketones is 1. The van der Waals surface area contributed by atoms with Crippen molar-refractivity contribution in [2.75, 3.05) is 11.9 Å². The SMILES string of the molecule is CC(=O)C1CC(CC(=O)N2C[C@H](F)C[C@H]2C(=O)Nc2noc3cc(C(F)(F)F)ccc23)c2ccc(-c3ccnnc3)cc21. The van der Waals surface area contributed by atoms with Gasteiger partial charge in [0.25, 0.3) is 0 Å². The molecule has 0 bridgehead atoms. The van der Waals surface area contributed by atoms with Crippen LogP contribution in [0.3, 0.4) is 0 Å². The zero-order valence-electron chi connectivity index (χ0n) is 22.8. The maximum Gasteiger partial charge on any atom is 0.416 e. The van der Waals surface area contributed by atoms with Crippen LogP contribution in [0.1, 0.15) is 54.7 Å². The van der Waals surface area contributed by atoms with E-state index in [4.69, 9.17) is 4.52 Å². The first-order valence-corrected chi connectivity index (χ1v) is 13.6. The van der Waals surface area contributed by atoms with Crippen LogP contribution in [0.5, 0.6) is 0 Å². The van der Waals surface area contributed by atoms with Crippen molar-refractivity contribution in [1.82, 2.24) is 20.3 Å². The second-order valence-electron chi connectivity index (χ2n) is 10.9. The topological polar surface area (TPSA) is 118 Å². The molecule has 1 aliphatic carbocycles. The highest BCUT2D eigenvalue weighted by Gasteiger charge is 2.42. The van der Waals surface area contributed by atoms with Crippen molar-refractivity contribution in [1.29, 1.82) is 0 Å². The highest BCUT2D eigenvalue weighted by Crippen LogP contribution is 2.46. The van der Waals surface area contributed by atoms with Crippen LogP contribution in [0.2, 0.25) is 0 Å². The van der Waals surface area contributed by atoms with Gasteiger partial charge in [-0.05, 0) is 60.2 Å². The van der Waals surface area contributed by atoms with Gasteiger partial charge in [-0.15, -0.1) is 0 Å². The summed E-state index contributed by atoms with van der Waals surface area (Å²) in [5, 5.41) is 14.0. The van der Waals surface area contributed by atoms with Gasteiger partial charge in [-0.1, -0.05) is 23.4 Å². The molecule has 3 heterocycles. The Hall–Kier alpha value is -4.68. The number of hydrogen-bond acceptors (Lipinski definition) is 7. The highest BCUT2D eigenvalue weighted by molar-refractivity contribution is 6.02. The lowest BCUT2D eigenvalue weighted by Gasteiger charge is -2.25. The molecule has 2 amide bonds. The van der Waals surface area contributed by atoms with Gasteiger partial charge >= 0.3 is 6.18 Å². The molecule has 6 rings (SSSR count). The number of aromatic nitrogens is 3. The second kappa shape index (κ2) is 10.9. The first kappa shape index (κ1) is 28.4. The van der Waals surface area contributed by atoms with Crippen molar-refractivity contribution in [2.45, 2.75) is 56.4 Å². The van der Waals surface area contributed by atoms with E-state index < -0.39 is 41.7 Å². The molecule has 1 saturated heterocycles. The maximum atomic E-state index is 14.6. The van der Waals surface area contributed by atoms with E-state index in [1.54, 1.807) is 18.5 Å². The molecule has 0 radical (unpaired) electrons. The lowest BCUT2D eigenvalue weighted by Crippen LogP contribution is -2.43. The Bertz CT molecular complexity index is 1720. The maximum absolute atomic E-state index is 14.6. The number of rotatable bonds is 6. The summed E-state index contributed by atoms with van der Waals surface area (Å²) < 4.78 is 58.7. The highest BCUT2D eigenvalue weighted by atomic mass is 19.4. The first-order valence-electron chi connectivity index (χ1n) is 13.6. The number of carbonyl (C=O) groups is 3. The Balaban J connectivity index is 1.19. The summed E-state index contributed by atoms with van der Waals surface area (Å²) in [6, 6.07) is 9.08. The summed E-state index contributed by atoms with van der Waals surface area (Å²) >= 11 is 0. The molecule has 43 heavy (non-hydrogen) atoms. The molecule has 1 N–H and O–H groups in total. The van der Waals surface area contributed by atoms with Crippen molar-refractivity contribution in [3.63, 3.8) is 0 Å². The lowest BCUT2D eigenvalue weighted by atomic mass is 9.94. The minimum absolute atomic E-state index is 0.0312. The average molecular weight is 596 g/mol. The molecule has 13 heteroatoms. The molecule has 0 saturated carbocycles. The normalized spacial score (nSPS) is 21.7. The first-order chi connectivity index (χ1) is 20.5. The van der Waals surface area contributed by atoms with Gasteiger partial charge in [-0.25, -0.2) is 4.39 Å². The zero-order chi connectivity index (χ0) is 30.5. The Morgan fingerprint density at radius 3 is 2.56 bits per heavy atom. The van der Waals surface area contributed by atoms with E-state index in [2.05, 4.69) is 20.7 Å². The number of halogens is 4. The van der Waals surface area contributed by atoms with E-state index in [1.165, 1.54) is 11.8 Å². The summed E-state index contributed by atoms with van der Waals surface area (Å²) in [5.41, 5.74) is 2.25. The number of anilines is 1. The fourth-order valence-corrected chi connectivity index (χ4v) is 6.05. The molecule has 1 aliphatic heterocycles. The molecule has 4 aromatic rings. The van der Waals surface area contributed by atoms with Crippen molar-refractivity contribution in [3.8, 4) is 11.1 Å². The summed E-state index contributed by atoms with van der Waals surface area (Å²) in [6.07, 6.45) is -2.71. The molecule has 2 unspecified atom stereocenters. The molecule has 2 aromatic heterocycles. The van der Waals surface area contributed by atoms with Crippen LogP contribution in [0.15, 0.2) is 59.4 Å². The average Bonchev–Trinajstić information content (AvgIpc) is 3.68. The van der Waals surface area contributed by atoms with E-state index in [1.807, 2.05) is 18.2 Å². The van der Waals surface area contributed by atoms with Gasteiger partial charge in [0.15, 0.2) is 11.4 Å². The van der Waals surface area contributed by atoms with Gasteiger partial charge in [0.1, 0.15) is 18.0 Å². The Kier molecular flexibility index (Phi) is 7.18. The second-order valence-corrected chi connectivity index (χ2v) is 10.9. The minimum Gasteiger partial charge on any atom is -0.354 e. The standard InChI is InChI=1S/C30H25F4N5O4/c1-15(40)23-9-18(21-4-2-16(8-24(21)23)17-6-7-35-36-13-17)10-27(41)39-14-20(31)12-25(39)29(42)37-28-22-5-3-19(30(32,33)34)11-26(22)43-38-28/h2-8,11,13,18,20,23,25H,9-10,12,14H2,1H3,(H,37,38,42)/t18?,20-,23?,25+/m1/s1. The number of amides is 2. The fraction of sp³-hybridized carbons (Fsp3) is 0.333. The predicted molar refractivity (Wildman–Crippen MR) is 146 cm³/mol. The molecule has 222 valence electrons. The van der Waals surface area contributed by atoms with Crippen LogP contribution < -0.4 is 5.32 Å². The fourth-order valence-electron chi connectivity index (χ4n) is 6.05. The smallest absolute Gasteiger partial charge is 0.354 e. The van der Waals surface area contributed by atoms with Crippen molar-refractivity contribution in [2.24, 2.45) is 0 Å². The minimum atomic E-state index is -4.59. The Morgan fingerprint density at radius 2 is 1.84 bits per heavy atom. The Morgan fingerprint density at radius 1 is 1.02 bits per heavy atom. The largest absolute Gasteiger partial charge is 0.416 e. The van der Waals surface area contributed by atoms with Gasteiger partial charge in [0.2, 0.25) is 11.8 Å². The quantitative estimate of drug-likeness (QED) is 0.295. The number of likely N-dealkylation sites (tertiary alicyclic amines) is 1. The molecule has 2 aliphatic rings. The van der Waals surface area contributed by atoms with Crippen LogP contribution >= 0.6 is 0 Å². The van der Waals surface area contributed by atoms with Crippen LogP contribution in [0, 0.1) is 0 Å². The van der Waals surface area contributed by atoms with Crippen molar-refractivity contribution < 1.29 is 36.5 Å². The lowest BCUT2D eigenvalue weighted by molar-refractivity contribution is -0.137. The van der Waals surface area contributed by atoms with Crippen LogP contribution in [-0.2, 0) is 20.6 Å². The molecular formula is C30H25F4N5O4. The molecule has 4 atom stereocenters. The van der Waals surface area contributed by atoms with Gasteiger partial charge in [0, 0.05) is 24.3 Å². The summed E-state index contributed by atoms with van der Waals surface area (Å²) in [6.45, 7) is 1.22. The zero-order valence-corrected chi connectivity index (χ0v) is 22.8. The number of carbonyl (C=O) groups excluding carboxylic acids is 3. The molecule has 0 spiro atoms. The summed E-state index contributed by atoms with van der Waals surface area (Å²) in [7, 11) is 0. The van der Waals surface area contributed by atoms with E-state index in [0.717, 1.165) is 40.5 Å². The third kappa shape index (κ3) is 5.46.